The molecule has 312 valence electrons. The lowest BCUT2D eigenvalue weighted by molar-refractivity contribution is -0.237. The fourth-order valence-corrected chi connectivity index (χ4v) is 7.95. The molecule has 1 saturated heterocycles. The molecule has 0 aliphatic carbocycles. The molecule has 2 aliphatic heterocycles. The van der Waals surface area contributed by atoms with E-state index in [0.29, 0.717) is 17.1 Å². The van der Waals surface area contributed by atoms with Crippen molar-refractivity contribution in [3.8, 4) is 22.5 Å². The number of carbonyl (C=O) groups excluding carboxylic acids is 4. The summed E-state index contributed by atoms with van der Waals surface area (Å²) >= 11 is 0.964. The van der Waals surface area contributed by atoms with Crippen LogP contribution in [0.4, 0.5) is 5.95 Å². The molecule has 5 aromatic rings. The summed E-state index contributed by atoms with van der Waals surface area (Å²) in [5, 5.41) is 20.6. The maximum absolute atomic E-state index is 12.7. The molecular weight excluding hydrogens is 803 g/mol. The van der Waals surface area contributed by atoms with Gasteiger partial charge in [-0.15, -0.1) is 20.4 Å². The van der Waals surface area contributed by atoms with Gasteiger partial charge >= 0.3 is 23.9 Å². The van der Waals surface area contributed by atoms with Gasteiger partial charge < -0.3 is 23.7 Å². The molecule has 1 unspecified atom stereocenters. The minimum Gasteiger partial charge on any atom is -0.463 e. The summed E-state index contributed by atoms with van der Waals surface area (Å²) in [7, 11) is 0. The van der Waals surface area contributed by atoms with E-state index in [2.05, 4.69) is 15.6 Å². The van der Waals surface area contributed by atoms with Gasteiger partial charge in [-0.3, -0.25) is 24.6 Å². The molecule has 1 N–H and O–H groups in total. The first-order valence-corrected chi connectivity index (χ1v) is 20.1. The first-order valence-electron chi connectivity index (χ1n) is 19.2. The quantitative estimate of drug-likeness (QED) is 0.111. The van der Waals surface area contributed by atoms with Gasteiger partial charge in [0.1, 0.15) is 30.1 Å². The highest BCUT2D eigenvalue weighted by molar-refractivity contribution is 8.14. The van der Waals surface area contributed by atoms with Crippen LogP contribution in [-0.4, -0.2) is 91.4 Å². The average molecular weight is 844 g/mol. The highest BCUT2D eigenvalue weighted by atomic mass is 32.2. The van der Waals surface area contributed by atoms with Crippen LogP contribution in [-0.2, 0) is 42.9 Å². The van der Waals surface area contributed by atoms with Crippen LogP contribution in [0.2, 0.25) is 0 Å². The Morgan fingerprint density at radius 1 is 0.623 bits per heavy atom. The number of hydrogen-bond acceptors (Lipinski definition) is 17. The van der Waals surface area contributed by atoms with Crippen molar-refractivity contribution in [2.75, 3.05) is 12.0 Å². The normalized spacial score (nSPS) is 21.0. The van der Waals surface area contributed by atoms with Crippen LogP contribution in [0.5, 0.6) is 0 Å². The molecule has 6 atom stereocenters. The zero-order chi connectivity index (χ0) is 42.9. The molecule has 1 fully saturated rings. The molecule has 0 radical (unpaired) electrons. The van der Waals surface area contributed by atoms with Crippen molar-refractivity contribution in [3.05, 3.63) is 132 Å². The van der Waals surface area contributed by atoms with E-state index in [9.17, 15) is 19.2 Å². The number of nitrogens with zero attached hydrogens (tertiary/aromatic N) is 6. The lowest BCUT2D eigenvalue weighted by Crippen LogP contribution is -2.62. The van der Waals surface area contributed by atoms with Crippen LogP contribution in [0.1, 0.15) is 44.9 Å². The molecule has 0 bridgehead atoms. The minimum absolute atomic E-state index is 0.101. The van der Waals surface area contributed by atoms with Gasteiger partial charge in [-0.05, 0) is 17.3 Å². The van der Waals surface area contributed by atoms with Gasteiger partial charge in [0.05, 0.1) is 5.71 Å². The van der Waals surface area contributed by atoms with E-state index in [1.54, 1.807) is 5.01 Å². The molecule has 61 heavy (non-hydrogen) atoms. The fourth-order valence-electron chi connectivity index (χ4n) is 6.85. The third-order valence-corrected chi connectivity index (χ3v) is 10.4. The number of benzene rings is 4. The van der Waals surface area contributed by atoms with E-state index in [0.717, 1.165) is 47.9 Å². The molecular formula is C44H41N7O9S. The van der Waals surface area contributed by atoms with Crippen molar-refractivity contribution in [3.63, 3.8) is 0 Å². The van der Waals surface area contributed by atoms with Gasteiger partial charge in [-0.25, -0.2) is 9.99 Å². The van der Waals surface area contributed by atoms with Crippen molar-refractivity contribution in [2.24, 2.45) is 10.2 Å². The van der Waals surface area contributed by atoms with Crippen LogP contribution < -0.4 is 5.43 Å². The Labute approximate surface area is 355 Å². The summed E-state index contributed by atoms with van der Waals surface area (Å²) in [6.45, 7) is 4.31. The topological polar surface area (TPSA) is 193 Å². The highest BCUT2D eigenvalue weighted by Crippen LogP contribution is 2.39. The molecule has 1 aromatic heterocycles. The lowest BCUT2D eigenvalue weighted by Gasteiger charge is -2.45. The Bertz CT molecular complexity index is 2410. The Morgan fingerprint density at radius 3 is 1.72 bits per heavy atom. The zero-order valence-corrected chi connectivity index (χ0v) is 34.3. The number of amidine groups is 1. The van der Waals surface area contributed by atoms with Crippen molar-refractivity contribution in [1.82, 2.24) is 20.2 Å². The van der Waals surface area contributed by atoms with Gasteiger partial charge in [-0.2, -0.15) is 0 Å². The smallest absolute Gasteiger partial charge is 0.303 e. The maximum Gasteiger partial charge on any atom is 0.303 e. The van der Waals surface area contributed by atoms with Crippen LogP contribution in [0.25, 0.3) is 22.5 Å². The Morgan fingerprint density at radius 2 is 1.15 bits per heavy atom. The number of aromatic nitrogens is 3. The molecule has 0 saturated carbocycles. The van der Waals surface area contributed by atoms with Crippen LogP contribution in [0.3, 0.4) is 0 Å². The van der Waals surface area contributed by atoms with Gasteiger partial charge in [0.15, 0.2) is 23.7 Å². The largest absolute Gasteiger partial charge is 0.463 e. The van der Waals surface area contributed by atoms with E-state index in [-0.39, 0.29) is 11.1 Å². The van der Waals surface area contributed by atoms with E-state index < -0.39 is 66.4 Å². The van der Waals surface area contributed by atoms with E-state index >= 15 is 0 Å². The van der Waals surface area contributed by atoms with Crippen molar-refractivity contribution >= 4 is 52.5 Å². The summed E-state index contributed by atoms with van der Waals surface area (Å²) in [6, 6.07) is 37.6. The van der Waals surface area contributed by atoms with E-state index in [1.165, 1.54) is 13.8 Å². The summed E-state index contributed by atoms with van der Waals surface area (Å²) in [6.07, 6.45) is -5.31. The summed E-state index contributed by atoms with van der Waals surface area (Å²) in [5.41, 5.74) is 6.99. The van der Waals surface area contributed by atoms with Crippen LogP contribution in [0, 0.1) is 0 Å². The number of ether oxygens (including phenoxy) is 5. The second-order valence-electron chi connectivity index (χ2n) is 13.8. The predicted molar refractivity (Wildman–Crippen MR) is 225 cm³/mol. The molecule has 3 heterocycles. The Kier molecular flexibility index (Phi) is 13.4. The van der Waals surface area contributed by atoms with Gasteiger partial charge in [0.25, 0.3) is 5.95 Å². The molecule has 0 amide bonds. The number of hydrazine groups is 1. The number of thioether (sulfide) groups is 1. The zero-order valence-electron chi connectivity index (χ0n) is 33.5. The van der Waals surface area contributed by atoms with Crippen LogP contribution >= 0.6 is 11.8 Å². The van der Waals surface area contributed by atoms with Crippen molar-refractivity contribution in [1.29, 1.82) is 0 Å². The monoisotopic (exact) mass is 843 g/mol. The molecule has 4 aromatic carbocycles. The minimum atomic E-state index is -1.40. The van der Waals surface area contributed by atoms with Gasteiger partial charge in [-0.1, -0.05) is 121 Å². The van der Waals surface area contributed by atoms with Crippen molar-refractivity contribution < 1.29 is 42.9 Å². The Hall–Kier alpha value is -6.98. The standard InChI is InChI=1S/C44H41N7O9S/c1-26(52)56-25-34-39(57-27(2)53)40(58-28(3)54)41(59-29(4)55)42(60-34)61-44-49-47-37(32-21-13-7-14-22-32)38(33-23-15-8-16-24-33)51(44)50-43-45-35(30-17-9-5-10-18-30)36(46-48-43)31-19-11-6-12-20-31/h5-24,34,38-42H,25H2,1-4H3,(H,45,48,50)/t34-,38?,39-,40+,41-,42+/m1/s1. The summed E-state index contributed by atoms with van der Waals surface area (Å²) in [4.78, 5) is 54.8. The van der Waals surface area contributed by atoms with Gasteiger partial charge in [0, 0.05) is 44.4 Å². The number of hydrogen-bond donors (Lipinski definition) is 1. The molecule has 16 nitrogen and oxygen atoms in total. The maximum atomic E-state index is 12.7. The molecule has 0 spiro atoms. The number of esters is 4. The average Bonchev–Trinajstić information content (AvgIpc) is 3.26. The van der Waals surface area contributed by atoms with Crippen LogP contribution in [0.15, 0.2) is 132 Å². The molecule has 2 aliphatic rings. The fraction of sp³-hybridized carbons (Fsp3) is 0.250. The number of carbonyl (C=O) groups is 4. The lowest BCUT2D eigenvalue weighted by atomic mass is 9.96. The Balaban J connectivity index is 1.37. The predicted octanol–water partition coefficient (Wildman–Crippen LogP) is 6.17. The van der Waals surface area contributed by atoms with Crippen molar-refractivity contribution in [2.45, 2.75) is 63.6 Å². The van der Waals surface area contributed by atoms with E-state index in [4.69, 9.17) is 38.9 Å². The second kappa shape index (κ2) is 19.4. The SMILES string of the molecule is CC(=O)OC[C@H]1O[C@@H](SC2=NN=C(c3ccccc3)C(c3ccccc3)N2Nc2nnc(-c3ccccc3)c(-c3ccccc3)n2)[C@H](OC(C)=O)[C@@H](OC(C)=O)[C@@H]1OC(C)=O. The molecule has 7 rings (SSSR count). The number of anilines is 1. The first kappa shape index (κ1) is 42.2. The number of nitrogens with one attached hydrogen (secondary N) is 1. The highest BCUT2D eigenvalue weighted by Gasteiger charge is 2.53. The summed E-state index contributed by atoms with van der Waals surface area (Å²) < 4.78 is 28.9. The third kappa shape index (κ3) is 10.3. The second-order valence-corrected chi connectivity index (χ2v) is 14.8. The molecule has 17 heteroatoms. The first-order chi connectivity index (χ1) is 29.5. The van der Waals surface area contributed by atoms with E-state index in [1.807, 2.05) is 121 Å². The third-order valence-electron chi connectivity index (χ3n) is 9.32. The van der Waals surface area contributed by atoms with Gasteiger partial charge in [0.2, 0.25) is 5.17 Å². The summed E-state index contributed by atoms with van der Waals surface area (Å²) in [5.74, 6) is -2.77. The number of rotatable bonds is 12.